The van der Waals surface area contributed by atoms with Gasteiger partial charge in [-0.25, -0.2) is 0 Å². The first-order chi connectivity index (χ1) is 8.08. The molecular weight excluding hydrogens is 214 g/mol. The van der Waals surface area contributed by atoms with Gasteiger partial charge in [-0.15, -0.1) is 0 Å². The molecule has 1 N–H and O–H groups in total. The molecule has 2 rings (SSSR count). The van der Waals surface area contributed by atoms with Crippen molar-refractivity contribution in [3.05, 3.63) is 35.4 Å². The van der Waals surface area contributed by atoms with E-state index in [1.165, 1.54) is 5.56 Å². The van der Waals surface area contributed by atoms with Crippen LogP contribution in [0.25, 0.3) is 0 Å². The predicted octanol–water partition coefficient (Wildman–Crippen LogP) is 2.58. The Labute approximate surface area is 103 Å². The summed E-state index contributed by atoms with van der Waals surface area (Å²) >= 11 is 0. The molecule has 1 aliphatic rings. The molecule has 0 spiro atoms. The molecule has 17 heavy (non-hydrogen) atoms. The Hall–Kier alpha value is -1.64. The summed E-state index contributed by atoms with van der Waals surface area (Å²) in [5.41, 5.74) is 2.26. The summed E-state index contributed by atoms with van der Waals surface area (Å²) in [5.74, 6) is -0.0108. The van der Waals surface area contributed by atoms with Crippen LogP contribution in [0.15, 0.2) is 24.3 Å². The molecule has 1 aliphatic heterocycles. The van der Waals surface area contributed by atoms with E-state index in [0.717, 1.165) is 5.56 Å². The van der Waals surface area contributed by atoms with Crippen molar-refractivity contribution in [1.82, 2.24) is 5.32 Å². The van der Waals surface area contributed by atoms with Crippen molar-refractivity contribution in [3.63, 3.8) is 0 Å². The molecule has 1 aromatic rings. The number of benzene rings is 1. The molecule has 2 amide bonds. The van der Waals surface area contributed by atoms with E-state index < -0.39 is 0 Å². The van der Waals surface area contributed by atoms with Gasteiger partial charge in [0.15, 0.2) is 0 Å². The van der Waals surface area contributed by atoms with Crippen LogP contribution in [0.4, 0.5) is 0 Å². The Morgan fingerprint density at radius 1 is 1.24 bits per heavy atom. The van der Waals surface area contributed by atoms with Gasteiger partial charge in [0.2, 0.25) is 11.8 Å². The number of piperidine rings is 1. The lowest BCUT2D eigenvalue weighted by molar-refractivity contribution is -0.134. The van der Waals surface area contributed by atoms with E-state index in [4.69, 9.17) is 0 Å². The van der Waals surface area contributed by atoms with Gasteiger partial charge in [0.25, 0.3) is 0 Å². The molecule has 0 bridgehead atoms. The van der Waals surface area contributed by atoms with Gasteiger partial charge in [0.1, 0.15) is 0 Å². The molecule has 1 saturated heterocycles. The molecule has 0 radical (unpaired) electrons. The standard InChI is InChI=1S/C14H17NO2.H2/c1-9(2)10-3-5-11(6-4-10)12-7-8-13(16)15-14(12)17;/h3-6,9,12H,7-8H2,1-2H3,(H,15,16,17);1H/t12-;/m1./s1. The quantitative estimate of drug-likeness (QED) is 0.798. The monoisotopic (exact) mass is 233 g/mol. The third-order valence-electron chi connectivity index (χ3n) is 3.24. The van der Waals surface area contributed by atoms with Crippen LogP contribution in [-0.4, -0.2) is 11.8 Å². The molecule has 3 heteroatoms. The van der Waals surface area contributed by atoms with Crippen molar-refractivity contribution in [2.75, 3.05) is 0 Å². The highest BCUT2D eigenvalue weighted by atomic mass is 16.2. The van der Waals surface area contributed by atoms with E-state index in [1.54, 1.807) is 0 Å². The van der Waals surface area contributed by atoms with E-state index in [-0.39, 0.29) is 19.2 Å². The minimum absolute atomic E-state index is 0. The highest BCUT2D eigenvalue weighted by Crippen LogP contribution is 2.26. The first-order valence-electron chi connectivity index (χ1n) is 6.01. The van der Waals surface area contributed by atoms with Gasteiger partial charge in [-0.1, -0.05) is 38.1 Å². The van der Waals surface area contributed by atoms with E-state index >= 15 is 0 Å². The largest absolute Gasteiger partial charge is 0.296 e. The molecule has 1 aromatic carbocycles. The molecule has 1 atom stereocenters. The van der Waals surface area contributed by atoms with E-state index in [9.17, 15) is 9.59 Å². The van der Waals surface area contributed by atoms with Crippen molar-refractivity contribution in [2.24, 2.45) is 0 Å². The molecule has 1 fully saturated rings. The topological polar surface area (TPSA) is 46.2 Å². The SMILES string of the molecule is CC(C)c1ccc([C@H]2CCC(=O)NC2=O)cc1.[HH]. The Morgan fingerprint density at radius 2 is 1.88 bits per heavy atom. The molecule has 0 saturated carbocycles. The maximum absolute atomic E-state index is 11.7. The second kappa shape index (κ2) is 4.70. The van der Waals surface area contributed by atoms with E-state index in [2.05, 4.69) is 31.3 Å². The van der Waals surface area contributed by atoms with Crippen LogP contribution in [-0.2, 0) is 9.59 Å². The van der Waals surface area contributed by atoms with Crippen LogP contribution in [0.5, 0.6) is 0 Å². The maximum Gasteiger partial charge on any atom is 0.234 e. The zero-order valence-electron chi connectivity index (χ0n) is 10.2. The number of rotatable bonds is 2. The second-order valence-corrected chi connectivity index (χ2v) is 4.83. The van der Waals surface area contributed by atoms with Gasteiger partial charge < -0.3 is 0 Å². The predicted molar refractivity (Wildman–Crippen MR) is 67.8 cm³/mol. The lowest BCUT2D eigenvalue weighted by Gasteiger charge is -2.21. The average Bonchev–Trinajstić information content (AvgIpc) is 2.29. The first-order valence-corrected chi connectivity index (χ1v) is 6.01. The number of hydrogen-bond acceptors (Lipinski definition) is 2. The minimum Gasteiger partial charge on any atom is -0.296 e. The number of imide groups is 1. The summed E-state index contributed by atoms with van der Waals surface area (Å²) in [6.45, 7) is 4.28. The number of amides is 2. The average molecular weight is 233 g/mol. The Balaban J connectivity index is 0.00000162. The summed E-state index contributed by atoms with van der Waals surface area (Å²) in [4.78, 5) is 22.8. The Morgan fingerprint density at radius 3 is 2.41 bits per heavy atom. The smallest absolute Gasteiger partial charge is 0.234 e. The van der Waals surface area contributed by atoms with Crippen molar-refractivity contribution >= 4 is 11.8 Å². The third-order valence-corrected chi connectivity index (χ3v) is 3.24. The zero-order chi connectivity index (χ0) is 12.4. The summed E-state index contributed by atoms with van der Waals surface area (Å²) in [6.07, 6.45) is 1.05. The van der Waals surface area contributed by atoms with Crippen LogP contribution < -0.4 is 5.32 Å². The van der Waals surface area contributed by atoms with Crippen molar-refractivity contribution in [3.8, 4) is 0 Å². The third kappa shape index (κ3) is 2.54. The van der Waals surface area contributed by atoms with E-state index in [0.29, 0.717) is 18.8 Å². The fourth-order valence-corrected chi connectivity index (χ4v) is 2.12. The van der Waals surface area contributed by atoms with Crippen molar-refractivity contribution in [1.29, 1.82) is 0 Å². The van der Waals surface area contributed by atoms with Gasteiger partial charge in [-0.2, -0.15) is 0 Å². The molecule has 92 valence electrons. The number of carbonyl (C=O) groups excluding carboxylic acids is 2. The van der Waals surface area contributed by atoms with Crippen LogP contribution in [0.3, 0.4) is 0 Å². The normalized spacial score (nSPS) is 20.5. The molecular formula is C14H19NO2. The molecule has 0 aromatic heterocycles. The molecule has 0 aliphatic carbocycles. The molecule has 3 nitrogen and oxygen atoms in total. The van der Waals surface area contributed by atoms with Crippen LogP contribution >= 0.6 is 0 Å². The van der Waals surface area contributed by atoms with Crippen LogP contribution in [0.2, 0.25) is 0 Å². The highest BCUT2D eigenvalue weighted by Gasteiger charge is 2.27. The number of hydrogen-bond donors (Lipinski definition) is 1. The second-order valence-electron chi connectivity index (χ2n) is 4.83. The van der Waals surface area contributed by atoms with Crippen LogP contribution in [0.1, 0.15) is 51.1 Å². The fraction of sp³-hybridized carbons (Fsp3) is 0.429. The fourth-order valence-electron chi connectivity index (χ4n) is 2.12. The highest BCUT2D eigenvalue weighted by molar-refractivity contribution is 6.00. The summed E-state index contributed by atoms with van der Waals surface area (Å²) in [7, 11) is 0. The van der Waals surface area contributed by atoms with Crippen LogP contribution in [0, 0.1) is 0 Å². The van der Waals surface area contributed by atoms with Gasteiger partial charge in [-0.05, 0) is 23.5 Å². The number of nitrogens with one attached hydrogen (secondary N) is 1. The summed E-state index contributed by atoms with van der Waals surface area (Å²) in [5, 5.41) is 2.39. The van der Waals surface area contributed by atoms with Gasteiger partial charge in [-0.3, -0.25) is 14.9 Å². The molecule has 0 unspecified atom stereocenters. The Bertz CT molecular complexity index is 440. The lowest BCUT2D eigenvalue weighted by atomic mass is 9.89. The van der Waals surface area contributed by atoms with Gasteiger partial charge in [0, 0.05) is 7.85 Å². The van der Waals surface area contributed by atoms with E-state index in [1.807, 2.05) is 12.1 Å². The first kappa shape index (κ1) is 11.8. The van der Waals surface area contributed by atoms with Crippen molar-refractivity contribution in [2.45, 2.75) is 38.5 Å². The number of carbonyl (C=O) groups is 2. The minimum atomic E-state index is -0.172. The zero-order valence-corrected chi connectivity index (χ0v) is 10.2. The maximum atomic E-state index is 11.7. The van der Waals surface area contributed by atoms with Crippen molar-refractivity contribution < 1.29 is 11.0 Å². The summed E-state index contributed by atoms with van der Waals surface area (Å²) < 4.78 is 0. The summed E-state index contributed by atoms with van der Waals surface area (Å²) in [6, 6.07) is 8.11. The Kier molecular flexibility index (Phi) is 3.27. The van der Waals surface area contributed by atoms with Gasteiger partial charge in [0.05, 0.1) is 5.92 Å². The molecule has 1 heterocycles. The lowest BCUT2D eigenvalue weighted by Crippen LogP contribution is -2.39. The van der Waals surface area contributed by atoms with Gasteiger partial charge >= 0.3 is 0 Å².